The van der Waals surface area contributed by atoms with Crippen LogP contribution in [-0.4, -0.2) is 35.0 Å². The Morgan fingerprint density at radius 3 is 2.47 bits per heavy atom. The van der Waals surface area contributed by atoms with Crippen LogP contribution in [0.5, 0.6) is 0 Å². The number of hydrogen-bond donors (Lipinski definition) is 2. The van der Waals surface area contributed by atoms with Crippen molar-refractivity contribution in [3.8, 4) is 0 Å². The van der Waals surface area contributed by atoms with E-state index in [4.69, 9.17) is 11.6 Å². The summed E-state index contributed by atoms with van der Waals surface area (Å²) in [5, 5.41) is 7.62. The Kier molecular flexibility index (Phi) is 4.73. The lowest BCUT2D eigenvalue weighted by Gasteiger charge is -2.34. The first-order chi connectivity index (χ1) is 14.0. The van der Waals surface area contributed by atoms with Crippen LogP contribution in [0, 0.1) is 16.7 Å². The number of urea groups is 1. The Bertz CT molecular complexity index is 958. The zero-order valence-corrected chi connectivity index (χ0v) is 18.5. The molecule has 7 nitrogen and oxygen atoms in total. The number of amides is 4. The minimum atomic E-state index is -1.24. The van der Waals surface area contributed by atoms with Gasteiger partial charge in [0.1, 0.15) is 12.1 Å². The van der Waals surface area contributed by atoms with E-state index >= 15 is 0 Å². The van der Waals surface area contributed by atoms with Crippen LogP contribution < -0.4 is 10.7 Å². The molecule has 8 heteroatoms. The molecule has 0 aromatic heterocycles. The average Bonchev–Trinajstić information content (AvgIpc) is 3.13. The van der Waals surface area contributed by atoms with Crippen LogP contribution in [0.25, 0.3) is 0 Å². The number of carbonyl (C=O) groups excluding carboxylic acids is 3. The van der Waals surface area contributed by atoms with Gasteiger partial charge in [0.05, 0.1) is 0 Å². The predicted octanol–water partition coefficient (Wildman–Crippen LogP) is 3.43. The summed E-state index contributed by atoms with van der Waals surface area (Å²) >= 11 is 5.92. The zero-order valence-electron chi connectivity index (χ0n) is 17.7. The molecule has 3 aliphatic rings. The average molecular weight is 431 g/mol. The normalized spacial score (nSPS) is 33.3. The van der Waals surface area contributed by atoms with Gasteiger partial charge in [-0.2, -0.15) is 5.10 Å². The highest BCUT2D eigenvalue weighted by Gasteiger charge is 2.60. The Morgan fingerprint density at radius 2 is 1.90 bits per heavy atom. The van der Waals surface area contributed by atoms with Gasteiger partial charge in [-0.3, -0.25) is 14.5 Å². The Hall–Kier alpha value is -2.41. The first kappa shape index (κ1) is 20.8. The number of hydrazone groups is 1. The van der Waals surface area contributed by atoms with Gasteiger partial charge >= 0.3 is 6.03 Å². The summed E-state index contributed by atoms with van der Waals surface area (Å²) in [7, 11) is 0. The molecule has 1 heterocycles. The quantitative estimate of drug-likeness (QED) is 0.566. The number of halogens is 1. The predicted molar refractivity (Wildman–Crippen MR) is 114 cm³/mol. The number of fused-ring (bicyclic) bond motifs is 2. The first-order valence-electron chi connectivity index (χ1n) is 10.2. The zero-order chi connectivity index (χ0) is 21.9. The number of carbonyl (C=O) groups is 3. The topological polar surface area (TPSA) is 90.9 Å². The number of rotatable bonds is 4. The molecule has 2 bridgehead atoms. The van der Waals surface area contributed by atoms with E-state index in [1.54, 1.807) is 31.2 Å². The van der Waals surface area contributed by atoms with Crippen molar-refractivity contribution in [1.29, 1.82) is 0 Å². The van der Waals surface area contributed by atoms with Crippen molar-refractivity contribution in [3.63, 3.8) is 0 Å². The van der Waals surface area contributed by atoms with Gasteiger partial charge in [-0.1, -0.05) is 44.5 Å². The Balaban J connectivity index is 1.45. The van der Waals surface area contributed by atoms with Gasteiger partial charge in [-0.25, -0.2) is 10.2 Å². The maximum absolute atomic E-state index is 13.0. The number of imide groups is 1. The molecule has 4 amide bonds. The molecule has 3 fully saturated rings. The monoisotopic (exact) mass is 430 g/mol. The summed E-state index contributed by atoms with van der Waals surface area (Å²) in [6.45, 7) is 7.97. The molecule has 1 aliphatic heterocycles. The summed E-state index contributed by atoms with van der Waals surface area (Å²) < 4.78 is 0. The molecule has 30 heavy (non-hydrogen) atoms. The van der Waals surface area contributed by atoms with E-state index in [0.29, 0.717) is 16.5 Å². The first-order valence-corrected chi connectivity index (χ1v) is 10.6. The van der Waals surface area contributed by atoms with Crippen LogP contribution in [0.15, 0.2) is 29.4 Å². The molecule has 1 saturated heterocycles. The van der Waals surface area contributed by atoms with Crippen molar-refractivity contribution in [3.05, 3.63) is 34.9 Å². The maximum atomic E-state index is 13.0. The highest BCUT2D eigenvalue weighted by molar-refractivity contribution is 6.30. The van der Waals surface area contributed by atoms with Gasteiger partial charge < -0.3 is 5.32 Å². The molecule has 2 aliphatic carbocycles. The fourth-order valence-corrected chi connectivity index (χ4v) is 5.35. The summed E-state index contributed by atoms with van der Waals surface area (Å²) in [5.74, 6) is -0.398. The highest BCUT2D eigenvalue weighted by Crippen LogP contribution is 2.63. The second-order valence-electron chi connectivity index (χ2n) is 9.54. The van der Waals surface area contributed by atoms with E-state index in [2.05, 4.69) is 36.6 Å². The molecule has 2 saturated carbocycles. The van der Waals surface area contributed by atoms with E-state index in [-0.39, 0.29) is 17.4 Å². The minimum absolute atomic E-state index is 0.0288. The molecule has 3 unspecified atom stereocenters. The van der Waals surface area contributed by atoms with Gasteiger partial charge in [-0.15, -0.1) is 0 Å². The van der Waals surface area contributed by atoms with Crippen molar-refractivity contribution < 1.29 is 14.4 Å². The van der Waals surface area contributed by atoms with Crippen LogP contribution in [0.1, 0.15) is 52.5 Å². The molecule has 160 valence electrons. The van der Waals surface area contributed by atoms with Crippen molar-refractivity contribution >= 4 is 35.2 Å². The largest absolute Gasteiger partial charge is 0.325 e. The molecule has 1 aromatic carbocycles. The summed E-state index contributed by atoms with van der Waals surface area (Å²) in [4.78, 5) is 38.8. The van der Waals surface area contributed by atoms with Gasteiger partial charge in [0.25, 0.3) is 11.8 Å². The van der Waals surface area contributed by atoms with Crippen molar-refractivity contribution in [2.24, 2.45) is 21.8 Å². The van der Waals surface area contributed by atoms with Crippen molar-refractivity contribution in [2.75, 3.05) is 6.54 Å². The van der Waals surface area contributed by atoms with Crippen molar-refractivity contribution in [1.82, 2.24) is 15.6 Å². The van der Waals surface area contributed by atoms with E-state index in [0.717, 1.165) is 23.5 Å². The smallest absolute Gasteiger partial charge is 0.319 e. The molecule has 1 aromatic rings. The lowest BCUT2D eigenvalue weighted by molar-refractivity contribution is -0.134. The second kappa shape index (κ2) is 6.80. The molecule has 3 atom stereocenters. The number of nitrogens with zero attached hydrogens (tertiary/aromatic N) is 2. The van der Waals surface area contributed by atoms with Gasteiger partial charge in [0.15, 0.2) is 0 Å². The fourth-order valence-electron chi connectivity index (χ4n) is 5.23. The standard InChI is InChI=1S/C22H27ClN4O3/c1-20(2)14-9-10-21(20,3)16(11-14)25-26-17(28)12-27-18(29)22(4,24-19(27)30)13-5-7-15(23)8-6-13/h5-8,14H,9-12H2,1-4H3,(H,24,30)(H,26,28)/b25-16-. The fraction of sp³-hybridized carbons (Fsp3) is 0.545. The van der Waals surface area contributed by atoms with Crippen molar-refractivity contribution in [2.45, 2.75) is 52.5 Å². The van der Waals surface area contributed by atoms with E-state index in [1.165, 1.54) is 6.42 Å². The number of nitrogens with one attached hydrogen (secondary N) is 2. The van der Waals surface area contributed by atoms with E-state index in [9.17, 15) is 14.4 Å². The molecule has 4 rings (SSSR count). The summed E-state index contributed by atoms with van der Waals surface area (Å²) in [6.07, 6.45) is 3.12. The van der Waals surface area contributed by atoms with Gasteiger partial charge in [0.2, 0.25) is 0 Å². The van der Waals surface area contributed by atoms with Crippen LogP contribution in [0.2, 0.25) is 5.02 Å². The SMILES string of the molecule is CC1(c2ccc(Cl)cc2)NC(=O)N(CC(=O)N/N=C2/CC3CCC2(C)C3(C)C)C1=O. The summed E-state index contributed by atoms with van der Waals surface area (Å²) in [5.41, 5.74) is 3.06. The van der Waals surface area contributed by atoms with Crippen LogP contribution in [0.4, 0.5) is 4.79 Å². The lowest BCUT2D eigenvalue weighted by atomic mass is 9.70. The lowest BCUT2D eigenvalue weighted by Crippen LogP contribution is -2.43. The highest BCUT2D eigenvalue weighted by atomic mass is 35.5. The number of hydrogen-bond acceptors (Lipinski definition) is 4. The van der Waals surface area contributed by atoms with E-state index in [1.807, 2.05) is 0 Å². The van der Waals surface area contributed by atoms with Gasteiger partial charge in [-0.05, 0) is 55.2 Å². The molecular formula is C22H27ClN4O3. The third-order valence-electron chi connectivity index (χ3n) is 7.83. The Morgan fingerprint density at radius 1 is 1.23 bits per heavy atom. The Labute approximate surface area is 181 Å². The number of benzene rings is 1. The molecule has 0 spiro atoms. The molecule has 0 radical (unpaired) electrons. The summed E-state index contributed by atoms with van der Waals surface area (Å²) in [6, 6.07) is 6.09. The minimum Gasteiger partial charge on any atom is -0.319 e. The van der Waals surface area contributed by atoms with Crippen LogP contribution in [0.3, 0.4) is 0 Å². The maximum Gasteiger partial charge on any atom is 0.325 e. The molecular weight excluding hydrogens is 404 g/mol. The second-order valence-corrected chi connectivity index (χ2v) is 9.98. The molecule has 2 N–H and O–H groups in total. The third kappa shape index (κ3) is 2.94. The third-order valence-corrected chi connectivity index (χ3v) is 8.08. The van der Waals surface area contributed by atoms with Crippen LogP contribution >= 0.6 is 11.6 Å². The van der Waals surface area contributed by atoms with E-state index < -0.39 is 23.4 Å². The van der Waals surface area contributed by atoms with Gasteiger partial charge in [0, 0.05) is 16.1 Å². The van der Waals surface area contributed by atoms with Crippen LogP contribution in [-0.2, 0) is 15.1 Å².